The van der Waals surface area contributed by atoms with Crippen LogP contribution in [0.25, 0.3) is 0 Å². The van der Waals surface area contributed by atoms with Gasteiger partial charge in [0, 0.05) is 46.0 Å². The van der Waals surface area contributed by atoms with Gasteiger partial charge in [-0.3, -0.25) is 19.5 Å². The third kappa shape index (κ3) is 7.49. The molecule has 3 aromatic heterocycles. The largest absolute Gasteiger partial charge is 0.411 e. The van der Waals surface area contributed by atoms with Crippen molar-refractivity contribution in [2.24, 2.45) is 0 Å². The number of pyridine rings is 3. The number of nitrogens with one attached hydrogen (secondary N) is 2. The molecule has 45 heavy (non-hydrogen) atoms. The van der Waals surface area contributed by atoms with E-state index in [9.17, 15) is 14.4 Å². The molecule has 4 heterocycles. The van der Waals surface area contributed by atoms with Crippen LogP contribution in [-0.4, -0.2) is 93.0 Å². The molecule has 2 N–H and O–H groups in total. The first kappa shape index (κ1) is 31.6. The monoisotopic (exact) mass is 609 g/mol. The Morgan fingerprint density at radius 3 is 2.44 bits per heavy atom. The number of hydrogen-bond acceptors (Lipinski definition) is 8. The summed E-state index contributed by atoms with van der Waals surface area (Å²) in [4.78, 5) is 55.1. The van der Waals surface area contributed by atoms with Gasteiger partial charge in [0.2, 0.25) is 0 Å². The van der Waals surface area contributed by atoms with Gasteiger partial charge in [-0.15, -0.1) is 0 Å². The molecule has 1 saturated carbocycles. The van der Waals surface area contributed by atoms with E-state index >= 15 is 0 Å². The van der Waals surface area contributed by atoms with Crippen LogP contribution in [0.1, 0.15) is 75.0 Å². The van der Waals surface area contributed by atoms with Crippen LogP contribution in [0.2, 0.25) is 0 Å². The van der Waals surface area contributed by atoms with Crippen molar-refractivity contribution in [3.05, 3.63) is 89.2 Å². The summed E-state index contributed by atoms with van der Waals surface area (Å²) in [6, 6.07) is 7.73. The average molecular weight is 610 g/mol. The van der Waals surface area contributed by atoms with Gasteiger partial charge in [-0.2, -0.15) is 4.58 Å². The summed E-state index contributed by atoms with van der Waals surface area (Å²) in [5.74, 6) is 0.380. The quantitative estimate of drug-likeness (QED) is 0.262. The van der Waals surface area contributed by atoms with E-state index in [1.54, 1.807) is 37.9 Å². The van der Waals surface area contributed by atoms with Crippen molar-refractivity contribution in [2.75, 3.05) is 50.9 Å². The second kappa shape index (κ2) is 13.5. The number of amides is 3. The fraction of sp³-hybridized carbons (Fsp3) is 0.382. The van der Waals surface area contributed by atoms with Crippen LogP contribution in [-0.2, 0) is 4.79 Å². The van der Waals surface area contributed by atoms with Crippen LogP contribution in [0.3, 0.4) is 0 Å². The lowest BCUT2D eigenvalue weighted by atomic mass is 10.1. The van der Waals surface area contributed by atoms with Crippen LogP contribution >= 0.6 is 0 Å². The maximum Gasteiger partial charge on any atom is 0.411 e. The normalized spacial score (nSPS) is 15.8. The smallest absolute Gasteiger partial charge is 0.374 e. The number of rotatable bonds is 10. The summed E-state index contributed by atoms with van der Waals surface area (Å²) in [6.45, 7) is 11.9. The highest BCUT2D eigenvalue weighted by atomic mass is 16.2. The van der Waals surface area contributed by atoms with E-state index in [0.29, 0.717) is 48.1 Å². The zero-order chi connectivity index (χ0) is 32.2. The van der Waals surface area contributed by atoms with Crippen LogP contribution < -0.4 is 10.6 Å². The first-order valence-electron chi connectivity index (χ1n) is 15.2. The van der Waals surface area contributed by atoms with E-state index in [-0.39, 0.29) is 29.5 Å². The van der Waals surface area contributed by atoms with E-state index in [1.807, 2.05) is 26.1 Å². The molecular formula is C34H41N8O3+. The summed E-state index contributed by atoms with van der Waals surface area (Å²) < 4.78 is 1.78. The highest BCUT2D eigenvalue weighted by Gasteiger charge is 2.29. The molecule has 1 aliphatic carbocycles. The van der Waals surface area contributed by atoms with Crippen molar-refractivity contribution in [3.63, 3.8) is 0 Å². The number of aromatic nitrogens is 3. The SMILES string of the molecule is C=CC(=O)[N+]1=C(C)CN(C[C@H](Nc2cnc(C(=O)Nc3ncc(C(=O)N(C)C)cc3C)c(C)c2)c2ccc(C3CC3)cn2)CC1. The number of aryl methyl sites for hydroxylation is 2. The van der Waals surface area contributed by atoms with E-state index in [1.165, 1.54) is 35.6 Å². The third-order valence-electron chi connectivity index (χ3n) is 8.25. The predicted octanol–water partition coefficient (Wildman–Crippen LogP) is 3.97. The van der Waals surface area contributed by atoms with E-state index < -0.39 is 0 Å². The second-order valence-electron chi connectivity index (χ2n) is 12.1. The molecule has 3 aromatic rings. The third-order valence-corrected chi connectivity index (χ3v) is 8.25. The van der Waals surface area contributed by atoms with Crippen molar-refractivity contribution in [1.29, 1.82) is 0 Å². The van der Waals surface area contributed by atoms with Gasteiger partial charge >= 0.3 is 5.91 Å². The zero-order valence-electron chi connectivity index (χ0n) is 26.6. The molecule has 0 radical (unpaired) electrons. The Morgan fingerprint density at radius 2 is 1.84 bits per heavy atom. The van der Waals surface area contributed by atoms with Gasteiger partial charge < -0.3 is 15.5 Å². The Kier molecular flexibility index (Phi) is 9.48. The highest BCUT2D eigenvalue weighted by molar-refractivity contribution is 6.04. The van der Waals surface area contributed by atoms with Gasteiger partial charge in [0.1, 0.15) is 11.5 Å². The van der Waals surface area contributed by atoms with Crippen LogP contribution in [0, 0.1) is 13.8 Å². The molecular weight excluding hydrogens is 568 g/mol. The van der Waals surface area contributed by atoms with Crippen molar-refractivity contribution in [3.8, 4) is 0 Å². The Hall–Kier alpha value is -4.77. The minimum atomic E-state index is -0.381. The van der Waals surface area contributed by atoms with Gasteiger partial charge in [0.15, 0.2) is 12.3 Å². The molecule has 11 heteroatoms. The number of hydrogen-bond donors (Lipinski definition) is 2. The minimum Gasteiger partial charge on any atom is -0.374 e. The topological polar surface area (TPSA) is 123 Å². The molecule has 0 aromatic carbocycles. The van der Waals surface area contributed by atoms with Crippen molar-refractivity contribution in [1.82, 2.24) is 24.8 Å². The lowest BCUT2D eigenvalue weighted by molar-refractivity contribution is -0.451. The number of anilines is 2. The maximum absolute atomic E-state index is 13.2. The van der Waals surface area contributed by atoms with Gasteiger partial charge in [-0.1, -0.05) is 12.6 Å². The molecule has 1 aliphatic heterocycles. The molecule has 0 unspecified atom stereocenters. The molecule has 0 saturated heterocycles. The van der Waals surface area contributed by atoms with Crippen LogP contribution in [0.4, 0.5) is 11.5 Å². The summed E-state index contributed by atoms with van der Waals surface area (Å²) in [6.07, 6.45) is 8.89. The Balaban J connectivity index is 1.32. The van der Waals surface area contributed by atoms with Gasteiger partial charge in [-0.05, 0) is 67.5 Å². The summed E-state index contributed by atoms with van der Waals surface area (Å²) in [7, 11) is 3.36. The maximum atomic E-state index is 13.2. The molecule has 0 bridgehead atoms. The summed E-state index contributed by atoms with van der Waals surface area (Å²) in [5, 5.41) is 6.44. The van der Waals surface area contributed by atoms with Gasteiger partial charge in [0.05, 0.1) is 42.3 Å². The number of carbonyl (C=O) groups is 3. The van der Waals surface area contributed by atoms with Crippen molar-refractivity contribution < 1.29 is 19.0 Å². The molecule has 2 aliphatic rings. The fourth-order valence-electron chi connectivity index (χ4n) is 5.58. The van der Waals surface area contributed by atoms with Crippen LogP contribution in [0.5, 0.6) is 0 Å². The van der Waals surface area contributed by atoms with Crippen molar-refractivity contribution in [2.45, 2.75) is 45.6 Å². The molecule has 5 rings (SSSR count). The first-order chi connectivity index (χ1) is 21.5. The fourth-order valence-corrected chi connectivity index (χ4v) is 5.58. The second-order valence-corrected chi connectivity index (χ2v) is 12.1. The Morgan fingerprint density at radius 1 is 1.07 bits per heavy atom. The standard InChI is InChI=1S/C34H40N8O3/c1-7-30(43)42-13-12-41(19-23(42)4)20-29(28-11-10-25(16-35-28)24-8-9-24)38-27-15-21(2)31(36-18-27)33(44)39-32-22(3)14-26(17-37-32)34(45)40(5)6/h7,10-11,14-18,24,29H,1,8-9,12-13,19-20H2,2-6H3,(H-,37,38,39,44,45)/p+1/t29-/m0/s1. The minimum absolute atomic E-state index is 0.0767. The predicted molar refractivity (Wildman–Crippen MR) is 174 cm³/mol. The van der Waals surface area contributed by atoms with Crippen LogP contribution in [0.15, 0.2) is 55.5 Å². The molecule has 1 fully saturated rings. The lowest BCUT2D eigenvalue weighted by Crippen LogP contribution is -2.47. The van der Waals surface area contributed by atoms with Gasteiger partial charge in [-0.25, -0.2) is 14.8 Å². The van der Waals surface area contributed by atoms with Crippen molar-refractivity contribution >= 4 is 34.9 Å². The summed E-state index contributed by atoms with van der Waals surface area (Å²) >= 11 is 0. The number of carbonyl (C=O) groups excluding carboxylic acids is 3. The van der Waals surface area contributed by atoms with E-state index in [4.69, 9.17) is 4.98 Å². The molecule has 11 nitrogen and oxygen atoms in total. The molecule has 234 valence electrons. The first-order valence-corrected chi connectivity index (χ1v) is 15.2. The number of nitrogens with zero attached hydrogens (tertiary/aromatic N) is 6. The molecule has 3 amide bonds. The summed E-state index contributed by atoms with van der Waals surface area (Å²) in [5.41, 5.74) is 6.05. The Bertz CT molecular complexity index is 1660. The van der Waals surface area contributed by atoms with Gasteiger partial charge in [0.25, 0.3) is 11.8 Å². The molecule has 0 spiro atoms. The molecule has 1 atom stereocenters. The average Bonchev–Trinajstić information content (AvgIpc) is 3.87. The van der Waals surface area contributed by atoms with E-state index in [0.717, 1.165) is 23.6 Å². The lowest BCUT2D eigenvalue weighted by Gasteiger charge is -2.29. The highest BCUT2D eigenvalue weighted by Crippen LogP contribution is 2.39. The zero-order valence-corrected chi connectivity index (χ0v) is 26.6. The Labute approximate surface area is 264 Å². The van der Waals surface area contributed by atoms with E-state index in [2.05, 4.69) is 44.2 Å².